The number of hydrogen-bond acceptors (Lipinski definition) is 1. The summed E-state index contributed by atoms with van der Waals surface area (Å²) in [7, 11) is 0. The van der Waals surface area contributed by atoms with E-state index in [1.807, 2.05) is 12.1 Å². The number of carbonyl (C=O) groups excluding carboxylic acids is 1. The molecule has 0 aliphatic carbocycles. The molecule has 1 radical (unpaired) electrons. The third-order valence-electron chi connectivity index (χ3n) is 1.31. The van der Waals surface area contributed by atoms with E-state index < -0.39 is 0 Å². The van der Waals surface area contributed by atoms with Crippen LogP contribution in [0.3, 0.4) is 0 Å². The van der Waals surface area contributed by atoms with Crippen LogP contribution in [-0.4, -0.2) is 5.91 Å². The van der Waals surface area contributed by atoms with Gasteiger partial charge in [-0.1, -0.05) is 24.3 Å². The molecule has 0 heterocycles. The molecule has 1 amide bonds. The molecule has 2 heteroatoms. The van der Waals surface area contributed by atoms with Gasteiger partial charge in [-0.05, 0) is 6.07 Å². The predicted molar refractivity (Wildman–Crippen MR) is 48.7 cm³/mol. The Morgan fingerprint density at radius 3 is 3.08 bits per heavy atom. The fourth-order valence-corrected chi connectivity index (χ4v) is 0.803. The first kappa shape index (κ1) is 8.53. The summed E-state index contributed by atoms with van der Waals surface area (Å²) >= 11 is 0. The monoisotopic (exact) mass is 160 g/mol. The van der Waals surface area contributed by atoms with Gasteiger partial charge in [-0.2, -0.15) is 0 Å². The summed E-state index contributed by atoms with van der Waals surface area (Å²) in [5.74, 6) is -0.0625. The van der Waals surface area contributed by atoms with Crippen molar-refractivity contribution in [2.24, 2.45) is 0 Å². The minimum absolute atomic E-state index is 0.0625. The summed E-state index contributed by atoms with van der Waals surface area (Å²) in [6, 6.07) is 10.1. The van der Waals surface area contributed by atoms with E-state index in [0.717, 1.165) is 0 Å². The van der Waals surface area contributed by atoms with Crippen molar-refractivity contribution in [3.63, 3.8) is 0 Å². The van der Waals surface area contributed by atoms with Crippen molar-refractivity contribution in [2.45, 2.75) is 6.42 Å². The minimum Gasteiger partial charge on any atom is -0.325 e. The maximum Gasteiger partial charge on any atom is 0.228 e. The quantitative estimate of drug-likeness (QED) is 0.673. The van der Waals surface area contributed by atoms with Gasteiger partial charge < -0.3 is 5.32 Å². The van der Waals surface area contributed by atoms with Crippen LogP contribution in [0.15, 0.2) is 36.9 Å². The molecule has 0 unspecified atom stereocenters. The van der Waals surface area contributed by atoms with Gasteiger partial charge in [0.2, 0.25) is 5.91 Å². The van der Waals surface area contributed by atoms with Crippen molar-refractivity contribution < 1.29 is 4.79 Å². The maximum atomic E-state index is 11.0. The zero-order valence-corrected chi connectivity index (χ0v) is 6.71. The van der Waals surface area contributed by atoms with Crippen LogP contribution in [0.2, 0.25) is 0 Å². The average Bonchev–Trinajstić information content (AvgIpc) is 2.06. The van der Waals surface area contributed by atoms with E-state index in [0.29, 0.717) is 12.1 Å². The smallest absolute Gasteiger partial charge is 0.228 e. The highest BCUT2D eigenvalue weighted by atomic mass is 16.1. The molecule has 12 heavy (non-hydrogen) atoms. The van der Waals surface area contributed by atoms with E-state index in [-0.39, 0.29) is 5.91 Å². The molecule has 0 aliphatic rings. The van der Waals surface area contributed by atoms with Gasteiger partial charge in [-0.15, -0.1) is 6.58 Å². The Kier molecular flexibility index (Phi) is 3.08. The molecular formula is C10H10NO. The van der Waals surface area contributed by atoms with E-state index in [2.05, 4.69) is 18.0 Å². The Balaban J connectivity index is 2.52. The van der Waals surface area contributed by atoms with E-state index in [9.17, 15) is 4.79 Å². The Morgan fingerprint density at radius 1 is 1.67 bits per heavy atom. The van der Waals surface area contributed by atoms with Crippen LogP contribution in [0.5, 0.6) is 0 Å². The van der Waals surface area contributed by atoms with E-state index in [4.69, 9.17) is 0 Å². The molecule has 0 saturated carbocycles. The fraction of sp³-hybridized carbons (Fsp3) is 0.100. The minimum atomic E-state index is -0.0625. The maximum absolute atomic E-state index is 11.0. The molecule has 0 aromatic heterocycles. The normalized spacial score (nSPS) is 9.00. The van der Waals surface area contributed by atoms with Crippen molar-refractivity contribution >= 4 is 11.6 Å². The first-order chi connectivity index (χ1) is 5.83. The molecule has 1 N–H and O–H groups in total. The fourth-order valence-electron chi connectivity index (χ4n) is 0.803. The SMILES string of the molecule is C=CCC(=O)Nc1[c]cccc1. The van der Waals surface area contributed by atoms with Crippen molar-refractivity contribution in [1.29, 1.82) is 0 Å². The van der Waals surface area contributed by atoms with Crippen LogP contribution < -0.4 is 5.32 Å². The van der Waals surface area contributed by atoms with Crippen molar-refractivity contribution in [3.8, 4) is 0 Å². The third kappa shape index (κ3) is 2.58. The van der Waals surface area contributed by atoms with Crippen molar-refractivity contribution in [2.75, 3.05) is 5.32 Å². The molecule has 1 aromatic carbocycles. The zero-order valence-electron chi connectivity index (χ0n) is 6.71. The van der Waals surface area contributed by atoms with Gasteiger partial charge >= 0.3 is 0 Å². The lowest BCUT2D eigenvalue weighted by Crippen LogP contribution is -2.09. The second-order valence-electron chi connectivity index (χ2n) is 2.32. The van der Waals surface area contributed by atoms with Gasteiger partial charge in [0.05, 0.1) is 0 Å². The number of rotatable bonds is 3. The number of hydrogen-bond donors (Lipinski definition) is 1. The lowest BCUT2D eigenvalue weighted by Gasteiger charge is -2.00. The Bertz CT molecular complexity index is 266. The summed E-state index contributed by atoms with van der Waals surface area (Å²) < 4.78 is 0. The number of nitrogens with one attached hydrogen (secondary N) is 1. The topological polar surface area (TPSA) is 29.1 Å². The van der Waals surface area contributed by atoms with Crippen molar-refractivity contribution in [3.05, 3.63) is 43.0 Å². The van der Waals surface area contributed by atoms with Gasteiger partial charge in [0.25, 0.3) is 0 Å². The second kappa shape index (κ2) is 4.34. The van der Waals surface area contributed by atoms with Crippen LogP contribution >= 0.6 is 0 Å². The van der Waals surface area contributed by atoms with Crippen LogP contribution in [-0.2, 0) is 4.79 Å². The molecule has 0 bridgehead atoms. The van der Waals surface area contributed by atoms with Crippen LogP contribution in [0.1, 0.15) is 6.42 Å². The molecule has 61 valence electrons. The number of benzene rings is 1. The average molecular weight is 160 g/mol. The lowest BCUT2D eigenvalue weighted by molar-refractivity contribution is -0.115. The van der Waals surface area contributed by atoms with Crippen molar-refractivity contribution in [1.82, 2.24) is 0 Å². The molecule has 0 aliphatic heterocycles. The van der Waals surface area contributed by atoms with Gasteiger partial charge in [0.15, 0.2) is 0 Å². The zero-order chi connectivity index (χ0) is 8.81. The second-order valence-corrected chi connectivity index (χ2v) is 2.32. The molecule has 2 nitrogen and oxygen atoms in total. The van der Waals surface area contributed by atoms with E-state index >= 15 is 0 Å². The molecule has 1 aromatic rings. The Morgan fingerprint density at radius 2 is 2.50 bits per heavy atom. The number of anilines is 1. The standard InChI is InChI=1S/C10H10NO/c1-2-6-10(12)11-9-7-4-3-5-8-9/h2-5,7H,1,6H2,(H,11,12). The highest BCUT2D eigenvalue weighted by molar-refractivity contribution is 5.91. The lowest BCUT2D eigenvalue weighted by atomic mass is 10.3. The van der Waals surface area contributed by atoms with Gasteiger partial charge in [0.1, 0.15) is 0 Å². The highest BCUT2D eigenvalue weighted by Crippen LogP contribution is 2.03. The molecule has 0 fully saturated rings. The van der Waals surface area contributed by atoms with Crippen LogP contribution in [0.25, 0.3) is 0 Å². The molecule has 0 spiro atoms. The van der Waals surface area contributed by atoms with Gasteiger partial charge in [0, 0.05) is 18.2 Å². The van der Waals surface area contributed by atoms with E-state index in [1.165, 1.54) is 0 Å². The highest BCUT2D eigenvalue weighted by Gasteiger charge is 1.97. The third-order valence-corrected chi connectivity index (χ3v) is 1.31. The number of carbonyl (C=O) groups is 1. The molecule has 0 atom stereocenters. The van der Waals surface area contributed by atoms with Gasteiger partial charge in [-0.3, -0.25) is 4.79 Å². The predicted octanol–water partition coefficient (Wildman–Crippen LogP) is 2.00. The van der Waals surface area contributed by atoms with Crippen LogP contribution in [0, 0.1) is 6.07 Å². The number of para-hydroxylation sites is 1. The summed E-state index contributed by atoms with van der Waals surface area (Å²) in [5, 5.41) is 2.68. The summed E-state index contributed by atoms with van der Waals surface area (Å²) in [6.07, 6.45) is 1.90. The number of amides is 1. The van der Waals surface area contributed by atoms with Gasteiger partial charge in [-0.25, -0.2) is 0 Å². The summed E-state index contributed by atoms with van der Waals surface area (Å²) in [6.45, 7) is 3.47. The molecule has 1 rings (SSSR count). The van der Waals surface area contributed by atoms with E-state index in [1.54, 1.807) is 18.2 Å². The summed E-state index contributed by atoms with van der Waals surface area (Å²) in [4.78, 5) is 11.0. The Hall–Kier alpha value is -1.57. The molecule has 0 saturated heterocycles. The molecular weight excluding hydrogens is 150 g/mol. The largest absolute Gasteiger partial charge is 0.325 e. The Labute approximate surface area is 71.9 Å². The first-order valence-corrected chi connectivity index (χ1v) is 3.70. The first-order valence-electron chi connectivity index (χ1n) is 3.70. The van der Waals surface area contributed by atoms with Crippen LogP contribution in [0.4, 0.5) is 5.69 Å². The summed E-state index contributed by atoms with van der Waals surface area (Å²) in [5.41, 5.74) is 0.698.